The molecule has 0 radical (unpaired) electrons. The third kappa shape index (κ3) is 3.79. The SMILES string of the molecule is CC12C[C@H](O)[C@@]3(F)C(CCC4=CC(=O)C=CC43C)[C@@H]1C[C@H]1OC(c3ccc(Cc4cccc(N)c4)cc3)O[C@]12C(=O)CO. The summed E-state index contributed by atoms with van der Waals surface area (Å²) in [6.45, 7) is 2.91. The first-order chi connectivity index (χ1) is 20.5. The molecule has 9 atom stereocenters. The Bertz CT molecular complexity index is 1550. The van der Waals surface area contributed by atoms with Gasteiger partial charge in [-0.05, 0) is 80.4 Å². The van der Waals surface area contributed by atoms with Crippen molar-refractivity contribution in [2.24, 2.45) is 22.7 Å². The highest BCUT2D eigenvalue weighted by Gasteiger charge is 2.79. The van der Waals surface area contributed by atoms with E-state index in [2.05, 4.69) is 0 Å². The fraction of sp³-hybridized carbons (Fsp3) is 0.486. The summed E-state index contributed by atoms with van der Waals surface area (Å²) in [5, 5.41) is 21.9. The topological polar surface area (TPSA) is 119 Å². The van der Waals surface area contributed by atoms with Crippen molar-refractivity contribution in [2.75, 3.05) is 12.3 Å². The molecule has 3 saturated carbocycles. The lowest BCUT2D eigenvalue weighted by molar-refractivity contribution is -0.231. The Morgan fingerprint density at radius 1 is 1.12 bits per heavy atom. The largest absolute Gasteiger partial charge is 0.399 e. The Kier molecular flexibility index (Phi) is 6.43. The zero-order valence-corrected chi connectivity index (χ0v) is 24.5. The van der Waals surface area contributed by atoms with Gasteiger partial charge < -0.3 is 25.4 Å². The van der Waals surface area contributed by atoms with Gasteiger partial charge in [0.05, 0.1) is 12.2 Å². The standard InChI is InChI=1S/C35H38FNO6/c1-32-13-12-25(39)16-23(32)10-11-26-27-17-30-35(29(41)19-38,33(27,2)18-28(40)34(26,32)36)43-31(42-30)22-8-6-20(7-9-22)14-21-4-3-5-24(37)15-21/h3-9,12-13,15-16,26-28,30-31,38,40H,10-11,14,17-19,37H2,1-2H3/t26?,27-,28-,30+,31?,32?,33?,34-,35+/m0/s1. The number of hydrogen-bond donors (Lipinski definition) is 3. The van der Waals surface area contributed by atoms with Gasteiger partial charge in [-0.1, -0.05) is 55.0 Å². The minimum Gasteiger partial charge on any atom is -0.399 e. The molecule has 4 aliphatic carbocycles. The molecule has 1 aliphatic heterocycles. The number of allylic oxidation sites excluding steroid dienone is 4. The maximum absolute atomic E-state index is 17.5. The number of anilines is 1. The van der Waals surface area contributed by atoms with Crippen LogP contribution in [-0.2, 0) is 25.5 Å². The molecule has 1 saturated heterocycles. The number of aliphatic hydroxyl groups excluding tert-OH is 2. The van der Waals surface area contributed by atoms with Crippen molar-refractivity contribution >= 4 is 17.3 Å². The average molecular weight is 588 g/mol. The van der Waals surface area contributed by atoms with E-state index in [-0.39, 0.29) is 18.1 Å². The molecule has 7 nitrogen and oxygen atoms in total. The number of nitrogens with two attached hydrogens (primary N) is 1. The van der Waals surface area contributed by atoms with E-state index in [0.29, 0.717) is 36.9 Å². The number of rotatable bonds is 5. The molecule has 8 heteroatoms. The molecule has 2 aromatic carbocycles. The van der Waals surface area contributed by atoms with E-state index in [0.717, 1.165) is 16.7 Å². The molecular weight excluding hydrogens is 549 g/mol. The second kappa shape index (κ2) is 9.66. The summed E-state index contributed by atoms with van der Waals surface area (Å²) in [6, 6.07) is 15.5. The van der Waals surface area contributed by atoms with Crippen LogP contribution >= 0.6 is 0 Å². The highest BCUT2D eigenvalue weighted by Crippen LogP contribution is 2.72. The first-order valence-corrected chi connectivity index (χ1v) is 15.2. The molecule has 2 aromatic rings. The molecule has 1 heterocycles. The second-order valence-electron chi connectivity index (χ2n) is 13.6. The van der Waals surface area contributed by atoms with Crippen molar-refractivity contribution in [3.8, 4) is 0 Å². The molecule has 4 unspecified atom stereocenters. The van der Waals surface area contributed by atoms with Crippen LogP contribution in [0.15, 0.2) is 72.3 Å². The van der Waals surface area contributed by atoms with Crippen molar-refractivity contribution in [3.05, 3.63) is 89.0 Å². The Morgan fingerprint density at radius 2 is 1.88 bits per heavy atom. The van der Waals surface area contributed by atoms with Crippen LogP contribution in [0.4, 0.5) is 10.1 Å². The number of aliphatic hydroxyl groups is 2. The summed E-state index contributed by atoms with van der Waals surface area (Å²) in [5.74, 6) is -1.61. The normalized spacial score (nSPS) is 41.2. The first-order valence-electron chi connectivity index (χ1n) is 15.2. The lowest BCUT2D eigenvalue weighted by Gasteiger charge is -2.62. The van der Waals surface area contributed by atoms with E-state index < -0.39 is 58.9 Å². The second-order valence-corrected chi connectivity index (χ2v) is 13.6. The average Bonchev–Trinajstić information content (AvgIpc) is 3.47. The van der Waals surface area contributed by atoms with Crippen LogP contribution in [0.5, 0.6) is 0 Å². The molecule has 5 aliphatic rings. The molecule has 7 rings (SSSR count). The van der Waals surface area contributed by atoms with Crippen LogP contribution in [0, 0.1) is 22.7 Å². The van der Waals surface area contributed by atoms with E-state index >= 15 is 4.39 Å². The van der Waals surface area contributed by atoms with Crippen LogP contribution in [0.1, 0.15) is 62.5 Å². The smallest absolute Gasteiger partial charge is 0.193 e. The predicted octanol–water partition coefficient (Wildman–Crippen LogP) is 4.55. The van der Waals surface area contributed by atoms with Gasteiger partial charge in [-0.25, -0.2) is 4.39 Å². The van der Waals surface area contributed by atoms with E-state index in [9.17, 15) is 19.8 Å². The minimum absolute atomic E-state index is 0.0349. The number of ether oxygens (including phenoxy) is 2. The number of hydrogen-bond acceptors (Lipinski definition) is 7. The first kappa shape index (κ1) is 28.6. The number of fused-ring (bicyclic) bond motifs is 7. The van der Waals surface area contributed by atoms with Gasteiger partial charge in [-0.3, -0.25) is 9.59 Å². The van der Waals surface area contributed by atoms with E-state index in [4.69, 9.17) is 15.2 Å². The van der Waals surface area contributed by atoms with Crippen LogP contribution in [0.3, 0.4) is 0 Å². The summed E-state index contributed by atoms with van der Waals surface area (Å²) >= 11 is 0. The van der Waals surface area contributed by atoms with E-state index in [1.807, 2.05) is 55.5 Å². The summed E-state index contributed by atoms with van der Waals surface area (Å²) in [4.78, 5) is 25.9. The molecule has 0 amide bonds. The van der Waals surface area contributed by atoms with Crippen molar-refractivity contribution in [2.45, 2.75) is 75.7 Å². The molecule has 4 N–H and O–H groups in total. The van der Waals surface area contributed by atoms with Crippen LogP contribution in [-0.4, -0.2) is 51.9 Å². The predicted molar refractivity (Wildman–Crippen MR) is 157 cm³/mol. The highest BCUT2D eigenvalue weighted by atomic mass is 19.1. The number of halogens is 1. The van der Waals surface area contributed by atoms with E-state index in [1.165, 1.54) is 12.2 Å². The molecule has 4 fully saturated rings. The fourth-order valence-corrected chi connectivity index (χ4v) is 9.45. The minimum atomic E-state index is -2.03. The number of nitrogen functional groups attached to an aromatic ring is 1. The monoisotopic (exact) mass is 587 g/mol. The molecule has 43 heavy (non-hydrogen) atoms. The molecule has 226 valence electrons. The lowest BCUT2D eigenvalue weighted by atomic mass is 9.44. The van der Waals surface area contributed by atoms with Gasteiger partial charge in [0, 0.05) is 28.0 Å². The number of benzene rings is 2. The number of carbonyl (C=O) groups excluding carboxylic acids is 2. The van der Waals surface area contributed by atoms with Crippen molar-refractivity contribution < 1.29 is 33.7 Å². The van der Waals surface area contributed by atoms with Crippen molar-refractivity contribution in [1.82, 2.24) is 0 Å². The number of Topliss-reactive ketones (excluding diaryl/α,β-unsaturated/α-hetero) is 1. The van der Waals surface area contributed by atoms with Gasteiger partial charge in [0.25, 0.3) is 0 Å². The fourth-order valence-electron chi connectivity index (χ4n) is 9.45. The maximum atomic E-state index is 17.5. The summed E-state index contributed by atoms with van der Waals surface area (Å²) in [7, 11) is 0. The molecule has 0 bridgehead atoms. The Labute approximate surface area is 250 Å². The Balaban J connectivity index is 1.20. The lowest BCUT2D eigenvalue weighted by Crippen LogP contribution is -2.69. The van der Waals surface area contributed by atoms with Crippen molar-refractivity contribution in [3.63, 3.8) is 0 Å². The van der Waals surface area contributed by atoms with Gasteiger partial charge in [0.2, 0.25) is 0 Å². The third-order valence-electron chi connectivity index (χ3n) is 11.6. The number of carbonyl (C=O) groups is 2. The van der Waals surface area contributed by atoms with Crippen LogP contribution in [0.2, 0.25) is 0 Å². The maximum Gasteiger partial charge on any atom is 0.193 e. The molecule has 0 spiro atoms. The van der Waals surface area contributed by atoms with Gasteiger partial charge >= 0.3 is 0 Å². The van der Waals surface area contributed by atoms with Gasteiger partial charge in [-0.15, -0.1) is 0 Å². The quantitative estimate of drug-likeness (QED) is 0.439. The van der Waals surface area contributed by atoms with Gasteiger partial charge in [-0.2, -0.15) is 0 Å². The van der Waals surface area contributed by atoms with Gasteiger partial charge in [0.1, 0.15) is 6.61 Å². The molecular formula is C35H38FNO6. The summed E-state index contributed by atoms with van der Waals surface area (Å²) < 4.78 is 30.6. The van der Waals surface area contributed by atoms with Crippen LogP contribution < -0.4 is 5.73 Å². The Hall–Kier alpha value is -3.17. The van der Waals surface area contributed by atoms with E-state index in [1.54, 1.807) is 13.0 Å². The Morgan fingerprint density at radius 3 is 2.60 bits per heavy atom. The zero-order valence-electron chi connectivity index (χ0n) is 24.5. The van der Waals surface area contributed by atoms with Crippen LogP contribution in [0.25, 0.3) is 0 Å². The summed E-state index contributed by atoms with van der Waals surface area (Å²) in [6.07, 6.45) is 3.55. The number of alkyl halides is 1. The third-order valence-corrected chi connectivity index (χ3v) is 11.6. The zero-order chi connectivity index (χ0) is 30.4. The highest BCUT2D eigenvalue weighted by molar-refractivity contribution is 6.01. The summed E-state index contributed by atoms with van der Waals surface area (Å²) in [5.41, 5.74) is 4.58. The molecule has 0 aromatic heterocycles. The van der Waals surface area contributed by atoms with Gasteiger partial charge in [0.15, 0.2) is 29.1 Å². The number of ketones is 2. The van der Waals surface area contributed by atoms with Crippen molar-refractivity contribution in [1.29, 1.82) is 0 Å².